The van der Waals surface area contributed by atoms with Crippen LogP contribution in [0.3, 0.4) is 0 Å². The number of fused-ring (bicyclic) bond motifs is 16. The Kier molecular flexibility index (Phi) is 11.5. The van der Waals surface area contributed by atoms with E-state index in [9.17, 15) is 0 Å². The van der Waals surface area contributed by atoms with Gasteiger partial charge in [-0.15, -0.1) is 0 Å². The molecule has 2 aliphatic carbocycles. The number of hydrogen-bond acceptors (Lipinski definition) is 6. The number of rotatable bonds is 0. The molecule has 0 amide bonds. The maximum Gasteiger partial charge on any atom is 0.162 e. The predicted octanol–water partition coefficient (Wildman–Crippen LogP) is 14.8. The molecule has 8 bridgehead atoms. The quantitative estimate of drug-likeness (QED) is 0.168. The van der Waals surface area contributed by atoms with Crippen molar-refractivity contribution >= 4 is 46.2 Å². The third-order valence-electron chi connectivity index (χ3n) is 15.4. The Labute approximate surface area is 433 Å². The molecule has 0 aromatic heterocycles. The number of benzene rings is 4. The van der Waals surface area contributed by atoms with Crippen molar-refractivity contribution in [2.75, 3.05) is 0 Å². The van der Waals surface area contributed by atoms with Crippen LogP contribution >= 0.6 is 0 Å². The van der Waals surface area contributed by atoms with Crippen molar-refractivity contribution in [2.24, 2.45) is 30.0 Å². The third kappa shape index (κ3) is 8.58. The molecule has 0 atom stereocenters. The van der Waals surface area contributed by atoms with Gasteiger partial charge in [0, 0.05) is 56.7 Å². The van der Waals surface area contributed by atoms with Gasteiger partial charge in [0.15, 0.2) is 23.3 Å². The second kappa shape index (κ2) is 16.1. The predicted molar refractivity (Wildman–Crippen MR) is 310 cm³/mol. The summed E-state index contributed by atoms with van der Waals surface area (Å²) in [6.07, 6.45) is 1.07. The molecule has 72 heavy (non-hydrogen) atoms. The highest BCUT2D eigenvalue weighted by atomic mass is 15.1. The maximum atomic E-state index is 5.95. The van der Waals surface area contributed by atoms with Gasteiger partial charge >= 0.3 is 0 Å². The minimum Gasteiger partial charge on any atom is -0.232 e. The van der Waals surface area contributed by atoms with Crippen molar-refractivity contribution in [3.8, 4) is 0 Å². The van der Waals surface area contributed by atoms with Crippen molar-refractivity contribution < 1.29 is 0 Å². The molecule has 4 aromatic carbocycles. The van der Waals surface area contributed by atoms with Gasteiger partial charge in [0.1, 0.15) is 0 Å². The smallest absolute Gasteiger partial charge is 0.162 e. The highest BCUT2D eigenvalue weighted by Gasteiger charge is 2.42. The minimum atomic E-state index is -0.210. The molecule has 4 aromatic rings. The van der Waals surface area contributed by atoms with Crippen LogP contribution in [0.1, 0.15) is 257 Å². The Morgan fingerprint density at radius 2 is 0.444 bits per heavy atom. The first kappa shape index (κ1) is 51.5. The molecule has 0 unspecified atom stereocenters. The highest BCUT2D eigenvalue weighted by Crippen LogP contribution is 2.45. The van der Waals surface area contributed by atoms with Crippen LogP contribution in [-0.2, 0) is 43.3 Å². The van der Waals surface area contributed by atoms with Gasteiger partial charge in [0.25, 0.3) is 0 Å². The number of nitrogens with zero attached hydrogens (tertiary/aromatic N) is 6. The second-order valence-electron chi connectivity index (χ2n) is 29.7. The van der Waals surface area contributed by atoms with E-state index < -0.39 is 0 Å². The lowest BCUT2D eigenvalue weighted by atomic mass is 9.76. The van der Waals surface area contributed by atoms with Crippen LogP contribution in [0.2, 0.25) is 0 Å². The molecule has 0 saturated heterocycles. The Morgan fingerprint density at radius 1 is 0.236 bits per heavy atom. The molecule has 3 heterocycles. The maximum absolute atomic E-state index is 5.95. The Hall–Kier alpha value is -5.36. The highest BCUT2D eigenvalue weighted by molar-refractivity contribution is 6.36. The van der Waals surface area contributed by atoms with E-state index in [4.69, 9.17) is 30.0 Å². The first-order valence-electron chi connectivity index (χ1n) is 26.7. The van der Waals surface area contributed by atoms with Crippen molar-refractivity contribution in [2.45, 2.75) is 222 Å². The van der Waals surface area contributed by atoms with E-state index in [1.54, 1.807) is 0 Å². The Morgan fingerprint density at radius 3 is 0.681 bits per heavy atom. The van der Waals surface area contributed by atoms with Gasteiger partial charge in [-0.1, -0.05) is 215 Å². The van der Waals surface area contributed by atoms with Gasteiger partial charge in [-0.2, -0.15) is 0 Å². The van der Waals surface area contributed by atoms with Crippen LogP contribution in [0.4, 0.5) is 0 Å². The zero-order chi connectivity index (χ0) is 53.2. The van der Waals surface area contributed by atoms with E-state index in [-0.39, 0.29) is 43.3 Å². The first-order valence-corrected chi connectivity index (χ1v) is 26.7. The van der Waals surface area contributed by atoms with Crippen molar-refractivity contribution in [3.63, 3.8) is 0 Å². The van der Waals surface area contributed by atoms with E-state index in [1.807, 2.05) is 0 Å². The molecule has 6 heteroatoms. The molecule has 0 N–H and O–H groups in total. The van der Waals surface area contributed by atoms with Crippen LogP contribution in [0.25, 0.3) is 11.4 Å². The van der Waals surface area contributed by atoms with Crippen molar-refractivity contribution in [1.82, 2.24) is 0 Å². The van der Waals surface area contributed by atoms with E-state index >= 15 is 0 Å². The van der Waals surface area contributed by atoms with Crippen LogP contribution in [0.15, 0.2) is 78.5 Å². The topological polar surface area (TPSA) is 74.2 Å². The fourth-order valence-corrected chi connectivity index (χ4v) is 11.9. The molecule has 0 fully saturated rings. The van der Waals surface area contributed by atoms with E-state index in [0.717, 1.165) is 68.4 Å². The second-order valence-corrected chi connectivity index (χ2v) is 29.7. The summed E-state index contributed by atoms with van der Waals surface area (Å²) >= 11 is 0. The summed E-state index contributed by atoms with van der Waals surface area (Å²) in [5, 5.41) is 2.35. The van der Waals surface area contributed by atoms with Gasteiger partial charge in [0.05, 0.1) is 22.8 Å². The van der Waals surface area contributed by atoms with Crippen LogP contribution < -0.4 is 10.4 Å². The van der Waals surface area contributed by atoms with E-state index in [1.165, 1.54) is 66.1 Å². The number of aliphatic imine (C=N–C) groups is 6. The molecule has 0 spiro atoms. The van der Waals surface area contributed by atoms with Gasteiger partial charge in [-0.3, -0.25) is 0 Å². The molecule has 5 aliphatic rings. The molecule has 3 aliphatic heterocycles. The fourth-order valence-electron chi connectivity index (χ4n) is 11.9. The van der Waals surface area contributed by atoms with Crippen LogP contribution in [-0.4, -0.2) is 34.8 Å². The summed E-state index contributed by atoms with van der Waals surface area (Å²) in [7, 11) is 0. The van der Waals surface area contributed by atoms with E-state index in [0.29, 0.717) is 12.8 Å². The monoisotopic (exact) mass is 961 g/mol. The normalized spacial score (nSPS) is 17.2. The third-order valence-corrected chi connectivity index (χ3v) is 15.4. The first-order chi connectivity index (χ1) is 32.8. The number of amidine groups is 4. The zero-order valence-electron chi connectivity index (χ0n) is 48.7. The molecule has 0 saturated carbocycles. The largest absolute Gasteiger partial charge is 0.232 e. The lowest BCUT2D eigenvalue weighted by Crippen LogP contribution is -2.39. The molecular formula is C66H84N6. The van der Waals surface area contributed by atoms with E-state index in [2.05, 4.69) is 215 Å². The van der Waals surface area contributed by atoms with Gasteiger partial charge in [-0.25, -0.2) is 30.0 Å². The summed E-state index contributed by atoms with van der Waals surface area (Å²) in [4.78, 5) is 35.3. The summed E-state index contributed by atoms with van der Waals surface area (Å²) in [6.45, 7) is 55.7. The molecule has 6 nitrogen and oxygen atoms in total. The number of hydrogen-bond donors (Lipinski definition) is 0. The molecule has 9 rings (SSSR count). The van der Waals surface area contributed by atoms with Gasteiger partial charge in [0.2, 0.25) is 0 Å². The summed E-state index contributed by atoms with van der Waals surface area (Å²) in [5.41, 5.74) is 19.0. The average molecular weight is 961 g/mol. The standard InChI is InChI=1S/C66H84N6/c1-59(2,3)35-25-26-36(60(4,5)6)48-44-33-43(47(35)48)67-55-51-39(63(13,14)15)29-30-40(64(16,17)18)52(51)57(71-55)69-45-34-46(50-38(62(10,11)12)28-27-37(49(45)50)61(7,8)9)70-58-54-42(66(22,23)24)32-31-41(65(19,20)21)53(54)56(68-44)72-58/h25-32H,33-34H2,1-24H3. The van der Waals surface area contributed by atoms with Crippen molar-refractivity contribution in [3.05, 3.63) is 137 Å². The van der Waals surface area contributed by atoms with Gasteiger partial charge < -0.3 is 0 Å². The average Bonchev–Trinajstić information content (AvgIpc) is 3.95. The zero-order valence-corrected chi connectivity index (χ0v) is 48.7. The van der Waals surface area contributed by atoms with Gasteiger partial charge in [-0.05, 0) is 87.8 Å². The summed E-state index contributed by atoms with van der Waals surface area (Å²) in [5.74, 6) is 2.91. The molecule has 378 valence electrons. The van der Waals surface area contributed by atoms with Crippen molar-refractivity contribution in [1.29, 1.82) is 0 Å². The molecular weight excluding hydrogens is 877 g/mol. The lowest BCUT2D eigenvalue weighted by Gasteiger charge is -2.29. The minimum absolute atomic E-state index is 0.192. The summed E-state index contributed by atoms with van der Waals surface area (Å²) in [6, 6.07) is 18.8. The lowest BCUT2D eigenvalue weighted by molar-refractivity contribution is 0.569. The summed E-state index contributed by atoms with van der Waals surface area (Å²) < 4.78 is 0. The Balaban J connectivity index is 1.57. The fraction of sp³-hybridized carbons (Fsp3) is 0.515. The van der Waals surface area contributed by atoms with Crippen LogP contribution in [0.5, 0.6) is 0 Å². The SMILES string of the molecule is CC(C)(C)c1ccc(C(C)(C)C)c2c1C1=NC3=NC(=NC4=c5c(C(C)(C)C)ccc(C(C)(C)C)c5=C(C4)N=C4N=C(N=C2C1)c1c(C(C)(C)C)ccc(C(C)(C)C)c14)c1c(C(C)(C)C)ccc(C(C)(C)C)c13. The van der Waals surface area contributed by atoms with Crippen LogP contribution in [0, 0.1) is 0 Å². The molecule has 0 radical (unpaired) electrons. The Bertz CT molecular complexity index is 3150.